The van der Waals surface area contributed by atoms with Crippen LogP contribution >= 0.6 is 0 Å². The number of nitrogens with zero attached hydrogens (tertiary/aromatic N) is 3. The van der Waals surface area contributed by atoms with Crippen molar-refractivity contribution in [1.29, 1.82) is 0 Å². The van der Waals surface area contributed by atoms with E-state index in [2.05, 4.69) is 41.3 Å². The second-order valence-electron chi connectivity index (χ2n) is 8.46. The van der Waals surface area contributed by atoms with Gasteiger partial charge in [0, 0.05) is 51.9 Å². The van der Waals surface area contributed by atoms with Crippen LogP contribution in [-0.4, -0.2) is 68.9 Å². The third-order valence-electron chi connectivity index (χ3n) is 5.70. The molecule has 0 spiro atoms. The van der Waals surface area contributed by atoms with Gasteiger partial charge in [-0.05, 0) is 51.3 Å². The number of rotatable bonds is 7. The van der Waals surface area contributed by atoms with Gasteiger partial charge in [-0.15, -0.1) is 0 Å². The lowest BCUT2D eigenvalue weighted by atomic mass is 10.1. The normalized spacial score (nSPS) is 21.4. The summed E-state index contributed by atoms with van der Waals surface area (Å²) < 4.78 is 26.5. The maximum Gasteiger partial charge on any atom is 0.243 e. The van der Waals surface area contributed by atoms with Crippen LogP contribution in [-0.2, 0) is 16.6 Å². The quantitative estimate of drug-likeness (QED) is 0.519. The van der Waals surface area contributed by atoms with E-state index in [9.17, 15) is 8.42 Å². The van der Waals surface area contributed by atoms with Crippen molar-refractivity contribution < 1.29 is 8.42 Å². The van der Waals surface area contributed by atoms with Crippen molar-refractivity contribution in [1.82, 2.24) is 19.8 Å². The van der Waals surface area contributed by atoms with E-state index in [0.29, 0.717) is 29.4 Å². The lowest BCUT2D eigenvalue weighted by Crippen LogP contribution is -2.46. The van der Waals surface area contributed by atoms with Gasteiger partial charge in [-0.2, -0.15) is 4.31 Å². The minimum Gasteiger partial charge on any atom is -0.352 e. The van der Waals surface area contributed by atoms with Crippen LogP contribution in [0.4, 0.5) is 0 Å². The maximum absolute atomic E-state index is 12.6. The summed E-state index contributed by atoms with van der Waals surface area (Å²) in [5, 5.41) is 6.87. The Labute approximate surface area is 176 Å². The molecule has 0 bridgehead atoms. The first kappa shape index (κ1) is 23.6. The lowest BCUT2D eigenvalue weighted by Gasteiger charge is -2.22. The largest absolute Gasteiger partial charge is 0.352 e. The molecule has 1 aliphatic heterocycles. The fourth-order valence-corrected chi connectivity index (χ4v) is 4.76. The Morgan fingerprint density at radius 2 is 1.83 bits per heavy atom. The van der Waals surface area contributed by atoms with Crippen molar-refractivity contribution in [3.63, 3.8) is 0 Å². The molecular formula is C21H37N5O2S. The lowest BCUT2D eigenvalue weighted by molar-refractivity contribution is 0.265. The van der Waals surface area contributed by atoms with E-state index in [0.717, 1.165) is 24.6 Å². The van der Waals surface area contributed by atoms with E-state index in [4.69, 9.17) is 0 Å². The number of guanidine groups is 1. The number of benzene rings is 1. The van der Waals surface area contributed by atoms with Gasteiger partial charge in [0.1, 0.15) is 0 Å². The van der Waals surface area contributed by atoms with Crippen LogP contribution in [0.15, 0.2) is 34.2 Å². The summed E-state index contributed by atoms with van der Waals surface area (Å²) in [6, 6.07) is 7.86. The first-order valence-corrected chi connectivity index (χ1v) is 11.8. The molecule has 7 nitrogen and oxygen atoms in total. The van der Waals surface area contributed by atoms with Gasteiger partial charge in [0.25, 0.3) is 0 Å². The molecule has 1 aromatic carbocycles. The fourth-order valence-electron chi connectivity index (χ4n) is 3.39. The van der Waals surface area contributed by atoms with Gasteiger partial charge in [0.05, 0.1) is 4.90 Å². The Hall–Kier alpha value is -1.64. The molecule has 2 unspecified atom stereocenters. The summed E-state index contributed by atoms with van der Waals surface area (Å²) in [5.74, 6) is 1.32. The van der Waals surface area contributed by atoms with Crippen LogP contribution in [0.5, 0.6) is 0 Å². The van der Waals surface area contributed by atoms with Gasteiger partial charge < -0.3 is 10.6 Å². The summed E-state index contributed by atoms with van der Waals surface area (Å²) in [5.41, 5.74) is 1.00. The molecule has 164 valence electrons. The smallest absolute Gasteiger partial charge is 0.243 e. The van der Waals surface area contributed by atoms with Gasteiger partial charge in [0.2, 0.25) is 10.0 Å². The molecule has 8 heteroatoms. The fraction of sp³-hybridized carbons (Fsp3) is 0.667. The highest BCUT2D eigenvalue weighted by molar-refractivity contribution is 7.89. The second kappa shape index (κ2) is 9.91. The van der Waals surface area contributed by atoms with E-state index in [1.165, 1.54) is 4.31 Å². The summed E-state index contributed by atoms with van der Waals surface area (Å²) in [7, 11) is -0.0758. The highest BCUT2D eigenvalue weighted by Crippen LogP contribution is 2.19. The Morgan fingerprint density at radius 3 is 2.31 bits per heavy atom. The van der Waals surface area contributed by atoms with E-state index in [1.54, 1.807) is 26.2 Å². The first-order chi connectivity index (χ1) is 13.6. The van der Waals surface area contributed by atoms with Crippen molar-refractivity contribution in [3.05, 3.63) is 29.8 Å². The molecule has 0 aromatic heterocycles. The highest BCUT2D eigenvalue weighted by Gasteiger charge is 2.31. The van der Waals surface area contributed by atoms with Crippen LogP contribution < -0.4 is 10.6 Å². The van der Waals surface area contributed by atoms with Crippen LogP contribution in [0, 0.1) is 5.92 Å². The number of likely N-dealkylation sites (tertiary alicyclic amines) is 1. The van der Waals surface area contributed by atoms with E-state index < -0.39 is 10.0 Å². The van der Waals surface area contributed by atoms with Crippen LogP contribution in [0.25, 0.3) is 0 Å². The van der Waals surface area contributed by atoms with Gasteiger partial charge in [-0.3, -0.25) is 9.89 Å². The Kier molecular flexibility index (Phi) is 8.08. The van der Waals surface area contributed by atoms with E-state index in [-0.39, 0.29) is 6.04 Å². The average Bonchev–Trinajstić information content (AvgIpc) is 3.05. The molecule has 1 aromatic rings. The molecule has 1 fully saturated rings. The number of hydrogen-bond acceptors (Lipinski definition) is 4. The molecule has 0 amide bonds. The molecule has 1 saturated heterocycles. The van der Waals surface area contributed by atoms with Crippen molar-refractivity contribution in [2.45, 2.75) is 64.2 Å². The molecule has 0 aliphatic carbocycles. The molecule has 1 aliphatic rings. The second-order valence-corrected chi connectivity index (χ2v) is 10.5. The summed E-state index contributed by atoms with van der Waals surface area (Å²) in [6.07, 6.45) is 0. The Bertz CT molecular complexity index is 790. The van der Waals surface area contributed by atoms with E-state index >= 15 is 0 Å². The zero-order chi connectivity index (χ0) is 21.8. The molecule has 0 saturated carbocycles. The Balaban J connectivity index is 1.95. The predicted molar refractivity (Wildman–Crippen MR) is 120 cm³/mol. The topological polar surface area (TPSA) is 77.0 Å². The number of nitrogens with one attached hydrogen (secondary N) is 2. The highest BCUT2D eigenvalue weighted by atomic mass is 32.2. The predicted octanol–water partition coefficient (Wildman–Crippen LogP) is 2.11. The standard InChI is InChI=1S/C21H37N5O2S/c1-15(2)25(7)29(27,28)19-10-8-18(9-11-19)12-23-21(22-6)24-20-14-26(16(3)4)13-17(20)5/h8-11,15-17,20H,12-14H2,1-7H3,(H2,22,23,24). The molecule has 2 rings (SSSR count). The first-order valence-electron chi connectivity index (χ1n) is 10.3. The SMILES string of the molecule is CN=C(NCc1ccc(S(=O)(=O)N(C)C(C)C)cc1)NC1CN(C(C)C)CC1C. The average molecular weight is 424 g/mol. The summed E-state index contributed by atoms with van der Waals surface area (Å²) >= 11 is 0. The van der Waals surface area contributed by atoms with Gasteiger partial charge in [-0.25, -0.2) is 8.42 Å². The van der Waals surface area contributed by atoms with Crippen molar-refractivity contribution in [2.75, 3.05) is 27.2 Å². The van der Waals surface area contributed by atoms with Gasteiger partial charge >= 0.3 is 0 Å². The van der Waals surface area contributed by atoms with Crippen LogP contribution in [0.2, 0.25) is 0 Å². The third kappa shape index (κ3) is 5.93. The van der Waals surface area contributed by atoms with Crippen molar-refractivity contribution in [3.8, 4) is 0 Å². The third-order valence-corrected chi connectivity index (χ3v) is 7.75. The number of sulfonamides is 1. The molecular weight excluding hydrogens is 386 g/mol. The summed E-state index contributed by atoms with van der Waals surface area (Å²) in [4.78, 5) is 7.13. The molecule has 2 N–H and O–H groups in total. The number of aliphatic imine (C=N–C) groups is 1. The molecule has 29 heavy (non-hydrogen) atoms. The molecule has 2 atom stereocenters. The zero-order valence-electron chi connectivity index (χ0n) is 18.8. The minimum absolute atomic E-state index is 0.0830. The Morgan fingerprint density at radius 1 is 1.21 bits per heavy atom. The molecule has 0 radical (unpaired) electrons. The number of hydrogen-bond donors (Lipinski definition) is 2. The van der Waals surface area contributed by atoms with E-state index in [1.807, 2.05) is 26.0 Å². The van der Waals surface area contributed by atoms with Crippen LogP contribution in [0.3, 0.4) is 0 Å². The molecule has 1 heterocycles. The maximum atomic E-state index is 12.6. The minimum atomic E-state index is -3.45. The van der Waals surface area contributed by atoms with Crippen molar-refractivity contribution in [2.24, 2.45) is 10.9 Å². The van der Waals surface area contributed by atoms with Crippen LogP contribution in [0.1, 0.15) is 40.2 Å². The van der Waals surface area contributed by atoms with Gasteiger partial charge in [0.15, 0.2) is 5.96 Å². The van der Waals surface area contributed by atoms with Gasteiger partial charge in [-0.1, -0.05) is 19.1 Å². The van der Waals surface area contributed by atoms with Crippen molar-refractivity contribution >= 4 is 16.0 Å². The zero-order valence-corrected chi connectivity index (χ0v) is 19.6. The summed E-state index contributed by atoms with van der Waals surface area (Å²) in [6.45, 7) is 13.1. The monoisotopic (exact) mass is 423 g/mol.